The molecule has 0 aliphatic carbocycles. The monoisotopic (exact) mass is 496 g/mol. The number of carboxylic acid groups (broad SMARTS) is 1. The molecule has 1 aliphatic rings. The van der Waals surface area contributed by atoms with Crippen LogP contribution in [0.5, 0.6) is 0 Å². The number of Topliss-reactive ketones (excluding diaryl/α,β-unsaturated/α-hetero) is 1. The van der Waals surface area contributed by atoms with E-state index in [4.69, 9.17) is 16.2 Å². The van der Waals surface area contributed by atoms with E-state index in [1.807, 2.05) is 17.0 Å². The lowest BCUT2D eigenvalue weighted by atomic mass is 9.96. The van der Waals surface area contributed by atoms with E-state index in [2.05, 4.69) is 5.32 Å². The number of aliphatic carboxylic acids is 1. The van der Waals surface area contributed by atoms with Gasteiger partial charge in [-0.1, -0.05) is 36.4 Å². The number of ketones is 1. The van der Waals surface area contributed by atoms with Crippen LogP contribution in [0.3, 0.4) is 0 Å². The van der Waals surface area contributed by atoms with Crippen molar-refractivity contribution in [3.63, 3.8) is 0 Å². The van der Waals surface area contributed by atoms with Gasteiger partial charge in [0.15, 0.2) is 5.78 Å². The average molecular weight is 497 g/mol. The van der Waals surface area contributed by atoms with Crippen molar-refractivity contribution >= 4 is 23.5 Å². The second kappa shape index (κ2) is 12.4. The van der Waals surface area contributed by atoms with Crippen LogP contribution in [0.4, 0.5) is 4.39 Å². The first-order chi connectivity index (χ1) is 17.1. The van der Waals surface area contributed by atoms with Crippen LogP contribution in [0.15, 0.2) is 48.5 Å². The molecule has 1 saturated heterocycles. The van der Waals surface area contributed by atoms with Gasteiger partial charge >= 0.3 is 5.97 Å². The average Bonchev–Trinajstić information content (AvgIpc) is 3.25. The minimum absolute atomic E-state index is 0.0156. The molecule has 0 saturated carbocycles. The first-order valence-electron chi connectivity index (χ1n) is 12.1. The highest BCUT2D eigenvalue weighted by Gasteiger charge is 2.37. The SMILES string of the molecule is C[C@H](NC(=O)[C@H]1C[C@H](Cc2ccc(F)cc2)CN1CCC(=O)O)C(=O)CCc1ccc(C(=N)N)cc1. The lowest BCUT2D eigenvalue weighted by Crippen LogP contribution is -2.48. The summed E-state index contributed by atoms with van der Waals surface area (Å²) in [5.41, 5.74) is 7.98. The van der Waals surface area contributed by atoms with Crippen molar-refractivity contribution in [3.8, 4) is 0 Å². The van der Waals surface area contributed by atoms with Gasteiger partial charge in [0.25, 0.3) is 0 Å². The summed E-state index contributed by atoms with van der Waals surface area (Å²) in [6.07, 6.45) is 1.87. The summed E-state index contributed by atoms with van der Waals surface area (Å²) in [5, 5.41) is 19.4. The normalized spacial score (nSPS) is 18.5. The molecule has 1 fully saturated rings. The summed E-state index contributed by atoms with van der Waals surface area (Å²) < 4.78 is 13.2. The molecule has 3 rings (SSSR count). The number of benzene rings is 2. The van der Waals surface area contributed by atoms with Crippen LogP contribution in [-0.4, -0.2) is 58.7 Å². The molecule has 0 spiro atoms. The largest absolute Gasteiger partial charge is 0.481 e. The van der Waals surface area contributed by atoms with Gasteiger partial charge in [-0.15, -0.1) is 0 Å². The van der Waals surface area contributed by atoms with Gasteiger partial charge in [-0.05, 0) is 55.4 Å². The van der Waals surface area contributed by atoms with Crippen molar-refractivity contribution in [2.75, 3.05) is 13.1 Å². The maximum Gasteiger partial charge on any atom is 0.304 e. The highest BCUT2D eigenvalue weighted by atomic mass is 19.1. The summed E-state index contributed by atoms with van der Waals surface area (Å²) in [7, 11) is 0. The van der Waals surface area contributed by atoms with Crippen LogP contribution in [0.25, 0.3) is 0 Å². The molecule has 0 bridgehead atoms. The molecule has 1 amide bonds. The predicted molar refractivity (Wildman–Crippen MR) is 134 cm³/mol. The molecule has 8 nitrogen and oxygen atoms in total. The number of amides is 1. The first kappa shape index (κ1) is 27.0. The van der Waals surface area contributed by atoms with Crippen LogP contribution in [0, 0.1) is 17.1 Å². The van der Waals surface area contributed by atoms with Crippen molar-refractivity contribution in [1.82, 2.24) is 10.2 Å². The van der Waals surface area contributed by atoms with Crippen LogP contribution in [0.1, 0.15) is 42.9 Å². The summed E-state index contributed by atoms with van der Waals surface area (Å²) >= 11 is 0. The number of amidine groups is 1. The Bertz CT molecular complexity index is 1090. The van der Waals surface area contributed by atoms with E-state index < -0.39 is 18.1 Å². The Kier molecular flexibility index (Phi) is 9.30. The third-order valence-electron chi connectivity index (χ3n) is 6.61. The van der Waals surface area contributed by atoms with Crippen LogP contribution >= 0.6 is 0 Å². The lowest BCUT2D eigenvalue weighted by Gasteiger charge is -2.24. The zero-order chi connectivity index (χ0) is 26.2. The minimum atomic E-state index is -0.934. The number of nitrogens with one attached hydrogen (secondary N) is 2. The number of nitrogens with two attached hydrogens (primary N) is 1. The van der Waals surface area contributed by atoms with Crippen LogP contribution in [0.2, 0.25) is 0 Å². The Hall–Kier alpha value is -3.59. The zero-order valence-electron chi connectivity index (χ0n) is 20.4. The Morgan fingerprint density at radius 3 is 2.36 bits per heavy atom. The molecule has 5 N–H and O–H groups in total. The first-order valence-corrected chi connectivity index (χ1v) is 12.1. The van der Waals surface area contributed by atoms with E-state index in [0.29, 0.717) is 31.4 Å². The molecule has 0 aromatic heterocycles. The molecule has 36 heavy (non-hydrogen) atoms. The Balaban J connectivity index is 1.56. The molecule has 0 radical (unpaired) electrons. The quantitative estimate of drug-likeness (QED) is 0.263. The van der Waals surface area contributed by atoms with Crippen molar-refractivity contribution in [1.29, 1.82) is 5.41 Å². The van der Waals surface area contributed by atoms with Gasteiger partial charge in [-0.2, -0.15) is 0 Å². The molecular formula is C27H33FN4O4. The Morgan fingerprint density at radius 2 is 1.75 bits per heavy atom. The minimum Gasteiger partial charge on any atom is -0.481 e. The number of likely N-dealkylation sites (tertiary alicyclic amines) is 1. The number of halogens is 1. The number of carbonyl (C=O) groups is 3. The van der Waals surface area contributed by atoms with Gasteiger partial charge in [-0.25, -0.2) is 4.39 Å². The van der Waals surface area contributed by atoms with Gasteiger partial charge in [-0.3, -0.25) is 24.7 Å². The van der Waals surface area contributed by atoms with E-state index in [9.17, 15) is 18.8 Å². The summed E-state index contributed by atoms with van der Waals surface area (Å²) in [6.45, 7) is 2.46. The van der Waals surface area contributed by atoms with Gasteiger partial charge in [0, 0.05) is 25.1 Å². The number of nitrogen functional groups attached to an aromatic ring is 1. The molecule has 2 aromatic carbocycles. The van der Waals surface area contributed by atoms with Crippen molar-refractivity contribution in [3.05, 3.63) is 71.0 Å². The fraction of sp³-hybridized carbons (Fsp3) is 0.407. The molecule has 1 aliphatic heterocycles. The van der Waals surface area contributed by atoms with Gasteiger partial charge in [0.05, 0.1) is 18.5 Å². The topological polar surface area (TPSA) is 137 Å². The Labute approximate surface area is 210 Å². The highest BCUT2D eigenvalue weighted by molar-refractivity contribution is 5.95. The number of nitrogens with zero attached hydrogens (tertiary/aromatic N) is 1. The predicted octanol–water partition coefficient (Wildman–Crippen LogP) is 2.52. The van der Waals surface area contributed by atoms with Crippen molar-refractivity contribution < 1.29 is 23.9 Å². The molecule has 1 heterocycles. The third kappa shape index (κ3) is 7.71. The van der Waals surface area contributed by atoms with Gasteiger partial charge in [0.2, 0.25) is 5.91 Å². The fourth-order valence-corrected chi connectivity index (χ4v) is 4.58. The van der Waals surface area contributed by atoms with E-state index in [1.165, 1.54) is 12.1 Å². The molecule has 2 aromatic rings. The van der Waals surface area contributed by atoms with Gasteiger partial charge < -0.3 is 16.2 Å². The molecule has 192 valence electrons. The molecule has 9 heteroatoms. The van der Waals surface area contributed by atoms with Crippen LogP contribution < -0.4 is 11.1 Å². The van der Waals surface area contributed by atoms with E-state index in [1.54, 1.807) is 31.2 Å². The second-order valence-electron chi connectivity index (χ2n) is 9.39. The second-order valence-corrected chi connectivity index (χ2v) is 9.39. The number of rotatable bonds is 12. The summed E-state index contributed by atoms with van der Waals surface area (Å²) in [4.78, 5) is 38.8. The third-order valence-corrected chi connectivity index (χ3v) is 6.61. The number of hydrogen-bond acceptors (Lipinski definition) is 5. The van der Waals surface area contributed by atoms with Crippen molar-refractivity contribution in [2.24, 2.45) is 11.7 Å². The molecule has 0 unspecified atom stereocenters. The smallest absolute Gasteiger partial charge is 0.304 e. The van der Waals surface area contributed by atoms with E-state index in [-0.39, 0.29) is 48.6 Å². The number of carbonyl (C=O) groups excluding carboxylic acids is 2. The maximum absolute atomic E-state index is 13.2. The van der Waals surface area contributed by atoms with Crippen molar-refractivity contribution in [2.45, 2.75) is 51.1 Å². The van der Waals surface area contributed by atoms with E-state index >= 15 is 0 Å². The summed E-state index contributed by atoms with van der Waals surface area (Å²) in [6, 6.07) is 12.2. The number of carboxylic acids is 1. The fourth-order valence-electron chi connectivity index (χ4n) is 4.58. The summed E-state index contributed by atoms with van der Waals surface area (Å²) in [5.74, 6) is -1.53. The Morgan fingerprint density at radius 1 is 1.11 bits per heavy atom. The maximum atomic E-state index is 13.2. The number of aryl methyl sites for hydroxylation is 1. The standard InChI is InChI=1S/C27H33FN4O4/c1-17(24(33)11-6-18-2-7-21(8-3-18)26(29)30)31-27(36)23-15-20(16-32(23)13-12-25(34)35)14-19-4-9-22(28)10-5-19/h2-5,7-10,17,20,23H,6,11-16H2,1H3,(H3,29,30)(H,31,36)(H,34,35)/t17-,20-,23+/m0/s1. The lowest BCUT2D eigenvalue weighted by molar-refractivity contribution is -0.138. The van der Waals surface area contributed by atoms with Crippen LogP contribution in [-0.2, 0) is 27.2 Å². The zero-order valence-corrected chi connectivity index (χ0v) is 20.4. The molecule has 3 atom stereocenters. The highest BCUT2D eigenvalue weighted by Crippen LogP contribution is 2.27. The van der Waals surface area contributed by atoms with E-state index in [0.717, 1.165) is 11.1 Å². The molecular weight excluding hydrogens is 463 g/mol. The number of hydrogen-bond donors (Lipinski definition) is 4. The van der Waals surface area contributed by atoms with Gasteiger partial charge in [0.1, 0.15) is 11.7 Å².